The number of rotatable bonds is 4. The molecule has 0 aliphatic carbocycles. The zero-order valence-electron chi connectivity index (χ0n) is 8.33. The van der Waals surface area contributed by atoms with Crippen molar-refractivity contribution < 1.29 is 14.6 Å². The number of hydrogen-bond acceptors (Lipinski definition) is 3. The molecule has 4 heteroatoms. The minimum Gasteiger partial charge on any atom is -0.396 e. The molecule has 1 rings (SSSR count). The summed E-state index contributed by atoms with van der Waals surface area (Å²) in [5, 5.41) is 11.5. The van der Waals surface area contributed by atoms with Crippen LogP contribution in [0.15, 0.2) is 0 Å². The molecule has 13 heavy (non-hydrogen) atoms. The summed E-state index contributed by atoms with van der Waals surface area (Å²) in [6, 6.07) is 0.0625. The van der Waals surface area contributed by atoms with Crippen LogP contribution in [0, 0.1) is 5.92 Å². The predicted molar refractivity (Wildman–Crippen MR) is 48.2 cm³/mol. The highest BCUT2D eigenvalue weighted by Gasteiger charge is 2.48. The van der Waals surface area contributed by atoms with Gasteiger partial charge in [-0.05, 0) is 20.3 Å². The average Bonchev–Trinajstić information content (AvgIpc) is 2.03. The van der Waals surface area contributed by atoms with Gasteiger partial charge in [-0.2, -0.15) is 0 Å². The van der Waals surface area contributed by atoms with Gasteiger partial charge >= 0.3 is 0 Å². The topological polar surface area (TPSA) is 58.6 Å². The summed E-state index contributed by atoms with van der Waals surface area (Å²) < 4.78 is 5.25. The van der Waals surface area contributed by atoms with Gasteiger partial charge < -0.3 is 15.2 Å². The molecular formula is C9H17NO3. The highest BCUT2D eigenvalue weighted by atomic mass is 16.5. The Morgan fingerprint density at radius 3 is 2.62 bits per heavy atom. The summed E-state index contributed by atoms with van der Waals surface area (Å²) in [6.07, 6.45) is 0.600. The van der Waals surface area contributed by atoms with Gasteiger partial charge in [0.25, 0.3) is 0 Å². The van der Waals surface area contributed by atoms with Crippen LogP contribution in [0.4, 0.5) is 0 Å². The van der Waals surface area contributed by atoms with Crippen molar-refractivity contribution in [3.63, 3.8) is 0 Å². The van der Waals surface area contributed by atoms with Crippen LogP contribution >= 0.6 is 0 Å². The van der Waals surface area contributed by atoms with E-state index in [0.29, 0.717) is 6.42 Å². The van der Waals surface area contributed by atoms with Crippen LogP contribution in [0.2, 0.25) is 0 Å². The lowest BCUT2D eigenvalue weighted by molar-refractivity contribution is -0.151. The monoisotopic (exact) mass is 187 g/mol. The zero-order valence-corrected chi connectivity index (χ0v) is 8.33. The van der Waals surface area contributed by atoms with Crippen LogP contribution in [-0.2, 0) is 9.53 Å². The van der Waals surface area contributed by atoms with E-state index in [1.807, 2.05) is 13.8 Å². The minimum atomic E-state index is -0.442. The van der Waals surface area contributed by atoms with Crippen molar-refractivity contribution in [1.29, 1.82) is 0 Å². The Bertz CT molecular complexity index is 203. The molecule has 0 spiro atoms. The fourth-order valence-electron chi connectivity index (χ4n) is 1.75. The maximum atomic E-state index is 11.2. The van der Waals surface area contributed by atoms with Gasteiger partial charge in [0.15, 0.2) is 0 Å². The predicted octanol–water partition coefficient (Wildman–Crippen LogP) is -0.0916. The number of aliphatic hydroxyl groups excluding tert-OH is 1. The van der Waals surface area contributed by atoms with Crippen molar-refractivity contribution in [2.24, 2.45) is 5.92 Å². The zero-order chi connectivity index (χ0) is 10.1. The van der Waals surface area contributed by atoms with Gasteiger partial charge in [0.1, 0.15) is 0 Å². The molecule has 0 unspecified atom stereocenters. The first-order valence-electron chi connectivity index (χ1n) is 4.49. The summed E-state index contributed by atoms with van der Waals surface area (Å²) in [4.78, 5) is 11.2. The van der Waals surface area contributed by atoms with Crippen molar-refractivity contribution in [3.05, 3.63) is 0 Å². The molecule has 1 aliphatic rings. The minimum absolute atomic E-state index is 0.0188. The second-order valence-electron chi connectivity index (χ2n) is 3.91. The third-order valence-corrected chi connectivity index (χ3v) is 2.73. The highest BCUT2D eigenvalue weighted by Crippen LogP contribution is 2.31. The molecule has 0 saturated carbocycles. The SMILES string of the molecule is COC(C)(C)[C@H]1C(=O)N[C@@H]1CCO. The molecule has 0 bridgehead atoms. The molecular weight excluding hydrogens is 170 g/mol. The second kappa shape index (κ2) is 3.64. The molecule has 2 N–H and O–H groups in total. The molecule has 2 atom stereocenters. The fourth-order valence-corrected chi connectivity index (χ4v) is 1.75. The van der Waals surface area contributed by atoms with Crippen LogP contribution in [0.5, 0.6) is 0 Å². The molecule has 0 aromatic rings. The van der Waals surface area contributed by atoms with Crippen LogP contribution in [-0.4, -0.2) is 36.4 Å². The fraction of sp³-hybridized carbons (Fsp3) is 0.889. The first-order valence-corrected chi connectivity index (χ1v) is 4.49. The van der Waals surface area contributed by atoms with Gasteiger partial charge in [-0.15, -0.1) is 0 Å². The summed E-state index contributed by atoms with van der Waals surface area (Å²) >= 11 is 0. The highest BCUT2D eigenvalue weighted by molar-refractivity contribution is 5.87. The Morgan fingerprint density at radius 2 is 2.23 bits per heavy atom. The molecule has 0 aromatic carbocycles. The number of carbonyl (C=O) groups excluding carboxylic acids is 1. The van der Waals surface area contributed by atoms with Crippen LogP contribution in [0.1, 0.15) is 20.3 Å². The molecule has 1 fully saturated rings. The molecule has 1 aliphatic heterocycles. The molecule has 1 saturated heterocycles. The van der Waals surface area contributed by atoms with E-state index in [1.54, 1.807) is 7.11 Å². The van der Waals surface area contributed by atoms with Crippen molar-refractivity contribution in [2.75, 3.05) is 13.7 Å². The molecule has 0 radical (unpaired) electrons. The van der Waals surface area contributed by atoms with Crippen molar-refractivity contribution in [2.45, 2.75) is 31.9 Å². The van der Waals surface area contributed by atoms with Gasteiger partial charge in [-0.25, -0.2) is 0 Å². The van der Waals surface area contributed by atoms with Crippen LogP contribution in [0.25, 0.3) is 0 Å². The Hall–Kier alpha value is -0.610. The van der Waals surface area contributed by atoms with E-state index < -0.39 is 5.60 Å². The number of ether oxygens (including phenoxy) is 1. The standard InChI is InChI=1S/C9H17NO3/c1-9(2,13-3)7-6(4-5-11)10-8(7)12/h6-7,11H,4-5H2,1-3H3,(H,10,12)/t6-,7-/m1/s1. The van der Waals surface area contributed by atoms with E-state index in [0.717, 1.165) is 0 Å². The molecule has 0 aromatic heterocycles. The van der Waals surface area contributed by atoms with Crippen LogP contribution < -0.4 is 5.32 Å². The van der Waals surface area contributed by atoms with E-state index in [1.165, 1.54) is 0 Å². The number of aliphatic hydroxyl groups is 1. The molecule has 1 heterocycles. The van der Waals surface area contributed by atoms with Gasteiger partial charge in [0.05, 0.1) is 11.5 Å². The Morgan fingerprint density at radius 1 is 1.62 bits per heavy atom. The quantitative estimate of drug-likeness (QED) is 0.605. The van der Waals surface area contributed by atoms with E-state index >= 15 is 0 Å². The summed E-state index contributed by atoms with van der Waals surface area (Å²) in [7, 11) is 1.60. The third kappa shape index (κ3) is 1.84. The lowest BCUT2D eigenvalue weighted by Crippen LogP contribution is -2.65. The molecule has 4 nitrogen and oxygen atoms in total. The first-order chi connectivity index (χ1) is 6.03. The number of nitrogens with one attached hydrogen (secondary N) is 1. The van der Waals surface area contributed by atoms with Crippen molar-refractivity contribution in [1.82, 2.24) is 5.32 Å². The summed E-state index contributed by atoms with van der Waals surface area (Å²) in [5.41, 5.74) is -0.442. The Kier molecular flexibility index (Phi) is 2.93. The normalized spacial score (nSPS) is 28.2. The maximum Gasteiger partial charge on any atom is 0.228 e. The number of hydrogen-bond donors (Lipinski definition) is 2. The number of amides is 1. The second-order valence-corrected chi connectivity index (χ2v) is 3.91. The molecule has 1 amide bonds. The van der Waals surface area contributed by atoms with Gasteiger partial charge in [-0.3, -0.25) is 4.79 Å². The smallest absolute Gasteiger partial charge is 0.228 e. The summed E-state index contributed by atoms with van der Waals surface area (Å²) in [6.45, 7) is 3.88. The summed E-state index contributed by atoms with van der Waals surface area (Å²) in [5.74, 6) is -0.116. The van der Waals surface area contributed by atoms with Gasteiger partial charge in [0, 0.05) is 19.8 Å². The van der Waals surface area contributed by atoms with Gasteiger partial charge in [-0.1, -0.05) is 0 Å². The first kappa shape index (κ1) is 10.5. The number of methoxy groups -OCH3 is 1. The number of β-lactam (4-membered cyclic amide) rings is 1. The third-order valence-electron chi connectivity index (χ3n) is 2.73. The lowest BCUT2D eigenvalue weighted by Gasteiger charge is -2.45. The lowest BCUT2D eigenvalue weighted by atomic mass is 9.76. The van der Waals surface area contributed by atoms with E-state index in [4.69, 9.17) is 9.84 Å². The van der Waals surface area contributed by atoms with Crippen molar-refractivity contribution in [3.8, 4) is 0 Å². The maximum absolute atomic E-state index is 11.2. The van der Waals surface area contributed by atoms with E-state index in [2.05, 4.69) is 5.32 Å². The largest absolute Gasteiger partial charge is 0.396 e. The Balaban J connectivity index is 2.61. The van der Waals surface area contributed by atoms with Crippen LogP contribution in [0.3, 0.4) is 0 Å². The Labute approximate surface area is 78.3 Å². The van der Waals surface area contributed by atoms with Gasteiger partial charge in [0.2, 0.25) is 5.91 Å². The number of carbonyl (C=O) groups is 1. The van der Waals surface area contributed by atoms with Crippen molar-refractivity contribution >= 4 is 5.91 Å². The molecule has 76 valence electrons. The van der Waals surface area contributed by atoms with E-state index in [9.17, 15) is 4.79 Å². The average molecular weight is 187 g/mol. The van der Waals surface area contributed by atoms with E-state index in [-0.39, 0.29) is 24.5 Å².